The molecule has 2 aliphatic rings. The van der Waals surface area contributed by atoms with Gasteiger partial charge in [-0.3, -0.25) is 4.79 Å². The molecule has 2 amide bonds. The van der Waals surface area contributed by atoms with Crippen molar-refractivity contribution in [3.05, 3.63) is 35.7 Å². The summed E-state index contributed by atoms with van der Waals surface area (Å²) in [6.07, 6.45) is 5.19. The van der Waals surface area contributed by atoms with E-state index in [9.17, 15) is 9.59 Å². The van der Waals surface area contributed by atoms with E-state index in [4.69, 9.17) is 9.36 Å². The number of rotatable bonds is 4. The van der Waals surface area contributed by atoms with Crippen LogP contribution in [0.15, 0.2) is 28.8 Å². The molecule has 2 heterocycles. The van der Waals surface area contributed by atoms with Crippen LogP contribution in [0.5, 0.6) is 0 Å². The molecule has 1 aromatic carbocycles. The predicted molar refractivity (Wildman–Crippen MR) is 108 cm³/mol. The average Bonchev–Trinajstić information content (AvgIpc) is 3.21. The summed E-state index contributed by atoms with van der Waals surface area (Å²) < 4.78 is 4.99. The van der Waals surface area contributed by atoms with Crippen LogP contribution >= 0.6 is 0 Å². The third kappa shape index (κ3) is 4.96. The summed E-state index contributed by atoms with van der Waals surface area (Å²) in [6.45, 7) is 3.72. The first-order valence-corrected chi connectivity index (χ1v) is 10.5. The van der Waals surface area contributed by atoms with Crippen molar-refractivity contribution < 1.29 is 18.9 Å². The van der Waals surface area contributed by atoms with E-state index in [2.05, 4.69) is 15.5 Å². The van der Waals surface area contributed by atoms with Gasteiger partial charge in [-0.05, 0) is 25.0 Å². The fourth-order valence-electron chi connectivity index (χ4n) is 3.90. The molecule has 30 heavy (non-hydrogen) atoms. The molecule has 1 saturated heterocycles. The van der Waals surface area contributed by atoms with Gasteiger partial charge < -0.3 is 19.6 Å². The second-order valence-electron chi connectivity index (χ2n) is 7.79. The van der Waals surface area contributed by atoms with E-state index < -0.39 is 6.09 Å². The molecular weight excluding hydrogens is 386 g/mol. The Kier molecular flexibility index (Phi) is 6.27. The number of aryl methyl sites for hydroxylation is 1. The number of hydrogen-bond donors (Lipinski definition) is 1. The molecule has 9 heteroatoms. The number of hydrogen-bond acceptors (Lipinski definition) is 7. The maximum absolute atomic E-state index is 12.8. The maximum atomic E-state index is 12.8. The number of carbonyl (C=O) groups excluding carboxylic acids is 2. The molecular formula is C21H27N5O4. The Morgan fingerprint density at radius 1 is 1.07 bits per heavy atom. The lowest BCUT2D eigenvalue weighted by molar-refractivity contribution is -0.119. The number of amides is 2. The van der Waals surface area contributed by atoms with Crippen LogP contribution in [-0.4, -0.2) is 64.3 Å². The molecule has 0 bridgehead atoms. The molecule has 1 aliphatic carbocycles. The van der Waals surface area contributed by atoms with Gasteiger partial charge in [0, 0.05) is 37.2 Å². The van der Waals surface area contributed by atoms with E-state index in [1.807, 2.05) is 12.1 Å². The summed E-state index contributed by atoms with van der Waals surface area (Å²) in [4.78, 5) is 36.3. The van der Waals surface area contributed by atoms with Crippen molar-refractivity contribution >= 4 is 12.0 Å². The molecule has 1 N–H and O–H groups in total. The van der Waals surface area contributed by atoms with Crippen molar-refractivity contribution in [2.24, 2.45) is 0 Å². The first-order valence-electron chi connectivity index (χ1n) is 10.5. The molecule has 1 aromatic heterocycles. The number of carbonyl (C=O) groups is 2. The average molecular weight is 413 g/mol. The zero-order chi connectivity index (χ0) is 20.9. The minimum absolute atomic E-state index is 0.0443. The molecule has 2 fully saturated rings. The maximum Gasteiger partial charge on any atom is 0.426 e. The minimum Gasteiger partial charge on any atom is -0.351 e. The minimum atomic E-state index is -0.394. The van der Waals surface area contributed by atoms with Gasteiger partial charge in [0.1, 0.15) is 0 Å². The van der Waals surface area contributed by atoms with Crippen LogP contribution in [0.2, 0.25) is 0 Å². The molecule has 0 atom stereocenters. The van der Waals surface area contributed by atoms with E-state index in [-0.39, 0.29) is 11.9 Å². The topological polar surface area (TPSA) is 101 Å². The Morgan fingerprint density at radius 2 is 1.77 bits per heavy atom. The lowest BCUT2D eigenvalue weighted by Gasteiger charge is -2.33. The van der Waals surface area contributed by atoms with Gasteiger partial charge in [0.15, 0.2) is 0 Å². The van der Waals surface area contributed by atoms with E-state index in [1.165, 1.54) is 6.42 Å². The van der Waals surface area contributed by atoms with Gasteiger partial charge in [-0.15, -0.1) is 5.06 Å². The fourth-order valence-corrected chi connectivity index (χ4v) is 3.90. The van der Waals surface area contributed by atoms with Gasteiger partial charge >= 0.3 is 6.09 Å². The van der Waals surface area contributed by atoms with E-state index >= 15 is 0 Å². The van der Waals surface area contributed by atoms with E-state index in [0.717, 1.165) is 31.2 Å². The van der Waals surface area contributed by atoms with Crippen molar-refractivity contribution in [2.45, 2.75) is 45.1 Å². The van der Waals surface area contributed by atoms with Gasteiger partial charge in [-0.2, -0.15) is 4.98 Å². The summed E-state index contributed by atoms with van der Waals surface area (Å²) in [6, 6.07) is 7.38. The molecule has 0 unspecified atom stereocenters. The summed E-state index contributed by atoms with van der Waals surface area (Å²) >= 11 is 0. The Hall–Kier alpha value is -2.94. The molecule has 0 radical (unpaired) electrons. The highest BCUT2D eigenvalue weighted by Crippen LogP contribution is 2.19. The second kappa shape index (κ2) is 9.25. The first-order chi connectivity index (χ1) is 14.6. The lowest BCUT2D eigenvalue weighted by Crippen LogP contribution is -2.50. The number of benzene rings is 1. The van der Waals surface area contributed by atoms with Crippen molar-refractivity contribution in [1.82, 2.24) is 25.4 Å². The SMILES string of the molecule is Cc1nc(-c2ccc(C(=O)N3CCN(OC(=O)NC4CCCCC4)CC3)cc2)no1. The molecule has 1 saturated carbocycles. The highest BCUT2D eigenvalue weighted by Gasteiger charge is 2.25. The van der Waals surface area contributed by atoms with Gasteiger partial charge in [-0.1, -0.05) is 36.6 Å². The van der Waals surface area contributed by atoms with Crippen LogP contribution < -0.4 is 5.32 Å². The van der Waals surface area contributed by atoms with E-state index in [1.54, 1.807) is 29.0 Å². The van der Waals surface area contributed by atoms with E-state index in [0.29, 0.717) is 43.5 Å². The lowest BCUT2D eigenvalue weighted by atomic mass is 9.96. The highest BCUT2D eigenvalue weighted by atomic mass is 16.7. The third-order valence-electron chi connectivity index (χ3n) is 5.58. The molecule has 2 aromatic rings. The monoisotopic (exact) mass is 413 g/mol. The number of hydroxylamine groups is 2. The zero-order valence-corrected chi connectivity index (χ0v) is 17.2. The number of aromatic nitrogens is 2. The molecule has 160 valence electrons. The summed E-state index contributed by atoms with van der Waals surface area (Å²) in [5.74, 6) is 0.957. The van der Waals surface area contributed by atoms with Crippen LogP contribution in [0, 0.1) is 6.92 Å². The zero-order valence-electron chi connectivity index (χ0n) is 17.2. The van der Waals surface area contributed by atoms with Crippen molar-refractivity contribution in [2.75, 3.05) is 26.2 Å². The van der Waals surface area contributed by atoms with Crippen LogP contribution in [0.3, 0.4) is 0 Å². The van der Waals surface area contributed by atoms with Gasteiger partial charge in [0.2, 0.25) is 11.7 Å². The molecule has 0 spiro atoms. The Balaban J connectivity index is 1.25. The second-order valence-corrected chi connectivity index (χ2v) is 7.79. The van der Waals surface area contributed by atoms with Gasteiger partial charge in [-0.25, -0.2) is 4.79 Å². The van der Waals surface area contributed by atoms with Gasteiger partial charge in [0.25, 0.3) is 5.91 Å². The Bertz CT molecular complexity index is 868. The smallest absolute Gasteiger partial charge is 0.351 e. The largest absolute Gasteiger partial charge is 0.426 e. The summed E-state index contributed by atoms with van der Waals surface area (Å²) in [5.41, 5.74) is 1.40. The predicted octanol–water partition coefficient (Wildman–Crippen LogP) is 2.78. The van der Waals surface area contributed by atoms with Gasteiger partial charge in [0.05, 0.1) is 13.1 Å². The van der Waals surface area contributed by atoms with Crippen LogP contribution in [-0.2, 0) is 4.84 Å². The summed E-state index contributed by atoms with van der Waals surface area (Å²) in [5, 5.41) is 8.46. The number of piperazine rings is 1. The molecule has 1 aliphatic heterocycles. The Morgan fingerprint density at radius 3 is 2.40 bits per heavy atom. The normalized spacial score (nSPS) is 18.2. The van der Waals surface area contributed by atoms with Crippen molar-refractivity contribution in [3.8, 4) is 11.4 Å². The van der Waals surface area contributed by atoms with Crippen LogP contribution in [0.1, 0.15) is 48.4 Å². The van der Waals surface area contributed by atoms with Crippen LogP contribution in [0.25, 0.3) is 11.4 Å². The third-order valence-corrected chi connectivity index (χ3v) is 5.58. The highest BCUT2D eigenvalue weighted by molar-refractivity contribution is 5.94. The quantitative estimate of drug-likeness (QED) is 0.822. The Labute approximate surface area is 175 Å². The van der Waals surface area contributed by atoms with Crippen molar-refractivity contribution in [1.29, 1.82) is 0 Å². The molecule has 9 nitrogen and oxygen atoms in total. The molecule has 4 rings (SSSR count). The van der Waals surface area contributed by atoms with Crippen LogP contribution in [0.4, 0.5) is 4.79 Å². The fraction of sp³-hybridized carbons (Fsp3) is 0.524. The number of nitrogens with zero attached hydrogens (tertiary/aromatic N) is 4. The number of nitrogens with one attached hydrogen (secondary N) is 1. The van der Waals surface area contributed by atoms with Crippen molar-refractivity contribution in [3.63, 3.8) is 0 Å². The summed E-state index contributed by atoms with van der Waals surface area (Å²) in [7, 11) is 0. The standard InChI is InChI=1S/C21H27N5O4/c1-15-22-19(24-29-15)16-7-9-17(10-8-16)20(27)25-11-13-26(14-12-25)30-21(28)23-18-5-3-2-4-6-18/h7-10,18H,2-6,11-14H2,1H3,(H,23,28). The first kappa shape index (κ1) is 20.3.